The summed E-state index contributed by atoms with van der Waals surface area (Å²) in [5.41, 5.74) is 8.91. The number of carbonyl (C=O) groups excluding carboxylic acids is 1. The van der Waals surface area contributed by atoms with Gasteiger partial charge in [-0.15, -0.1) is 0 Å². The molecule has 5 rings (SSSR count). The zero-order valence-electron chi connectivity index (χ0n) is 15.8. The highest BCUT2D eigenvalue weighted by Crippen LogP contribution is 2.41. The van der Waals surface area contributed by atoms with E-state index in [9.17, 15) is 4.79 Å². The Kier molecular flexibility index (Phi) is 3.54. The maximum atomic E-state index is 13.4. The summed E-state index contributed by atoms with van der Waals surface area (Å²) in [6.45, 7) is 2.63. The minimum absolute atomic E-state index is 0.0172. The molecule has 2 aliphatic heterocycles. The van der Waals surface area contributed by atoms with E-state index in [4.69, 9.17) is 15.5 Å². The van der Waals surface area contributed by atoms with Gasteiger partial charge in [0.1, 0.15) is 11.7 Å². The van der Waals surface area contributed by atoms with Crippen LogP contribution in [0.5, 0.6) is 0 Å². The van der Waals surface area contributed by atoms with E-state index in [1.54, 1.807) is 13.2 Å². The Labute approximate surface area is 162 Å². The van der Waals surface area contributed by atoms with Gasteiger partial charge in [-0.1, -0.05) is 11.6 Å². The molecule has 0 aliphatic carbocycles. The van der Waals surface area contributed by atoms with Crippen molar-refractivity contribution in [3.8, 4) is 0 Å². The molecule has 1 aromatic heterocycles. The highest BCUT2D eigenvalue weighted by atomic mass is 16.5. The third-order valence-corrected chi connectivity index (χ3v) is 5.65. The van der Waals surface area contributed by atoms with E-state index in [1.807, 2.05) is 49.4 Å². The SMILES string of the molecule is CO[C@@]12CCN(c3ccc4nc(N)ccc4c3)C1=Nc1ccc(C)cc1C2=O. The number of ketones is 1. The summed E-state index contributed by atoms with van der Waals surface area (Å²) in [5.74, 6) is 1.13. The smallest absolute Gasteiger partial charge is 0.204 e. The lowest BCUT2D eigenvalue weighted by molar-refractivity contribution is 0.0388. The van der Waals surface area contributed by atoms with Gasteiger partial charge in [0.2, 0.25) is 5.78 Å². The number of methoxy groups -OCH3 is 1. The van der Waals surface area contributed by atoms with Crippen LogP contribution in [0.25, 0.3) is 10.9 Å². The fraction of sp³-hybridized carbons (Fsp3) is 0.227. The van der Waals surface area contributed by atoms with E-state index in [2.05, 4.69) is 9.88 Å². The molecule has 3 aromatic rings. The fourth-order valence-corrected chi connectivity index (χ4v) is 4.17. The first-order chi connectivity index (χ1) is 13.5. The number of aromatic nitrogens is 1. The van der Waals surface area contributed by atoms with E-state index in [1.165, 1.54) is 0 Å². The van der Waals surface area contributed by atoms with Crippen molar-refractivity contribution in [2.75, 3.05) is 24.3 Å². The van der Waals surface area contributed by atoms with Crippen molar-refractivity contribution in [1.29, 1.82) is 0 Å². The average Bonchev–Trinajstić information content (AvgIpc) is 3.08. The monoisotopic (exact) mass is 372 g/mol. The highest BCUT2D eigenvalue weighted by molar-refractivity contribution is 6.28. The van der Waals surface area contributed by atoms with Crippen LogP contribution in [0.2, 0.25) is 0 Å². The predicted octanol–water partition coefficient (Wildman–Crippen LogP) is 3.65. The maximum Gasteiger partial charge on any atom is 0.204 e. The molecule has 0 saturated carbocycles. The summed E-state index contributed by atoms with van der Waals surface area (Å²) in [5, 5.41) is 0.986. The number of rotatable bonds is 2. The number of benzene rings is 2. The molecule has 0 spiro atoms. The zero-order valence-corrected chi connectivity index (χ0v) is 15.8. The summed E-state index contributed by atoms with van der Waals surface area (Å²) >= 11 is 0. The average molecular weight is 372 g/mol. The largest absolute Gasteiger partial charge is 0.384 e. The standard InChI is InChI=1S/C22H20N4O2/c1-13-3-6-18-16(11-13)20(27)22(28-2)9-10-26(21(22)25-18)15-5-7-17-14(12-15)4-8-19(23)24-17/h3-8,11-12H,9-10H2,1-2H3,(H2,23,24)/t22-/m1/s1. The summed E-state index contributed by atoms with van der Waals surface area (Å²) < 4.78 is 5.82. The van der Waals surface area contributed by atoms with Crippen LogP contribution in [0.15, 0.2) is 53.5 Å². The van der Waals surface area contributed by atoms with Crippen LogP contribution in [0.4, 0.5) is 17.2 Å². The number of carbonyl (C=O) groups is 1. The van der Waals surface area contributed by atoms with E-state index in [-0.39, 0.29) is 5.78 Å². The van der Waals surface area contributed by atoms with Crippen LogP contribution in [0.1, 0.15) is 22.3 Å². The Morgan fingerprint density at radius 2 is 2.00 bits per heavy atom. The number of hydrogen-bond donors (Lipinski definition) is 1. The molecule has 1 fully saturated rings. The number of pyridine rings is 1. The minimum Gasteiger partial charge on any atom is -0.384 e. The van der Waals surface area contributed by atoms with E-state index >= 15 is 0 Å². The zero-order chi connectivity index (χ0) is 19.5. The second-order valence-corrected chi connectivity index (χ2v) is 7.33. The van der Waals surface area contributed by atoms with Crippen molar-refractivity contribution in [1.82, 2.24) is 4.98 Å². The molecule has 0 bridgehead atoms. The summed E-state index contributed by atoms with van der Waals surface area (Å²) in [4.78, 5) is 24.7. The van der Waals surface area contributed by atoms with E-state index in [0.717, 1.165) is 22.2 Å². The molecule has 3 heterocycles. The third-order valence-electron chi connectivity index (χ3n) is 5.65. The summed E-state index contributed by atoms with van der Waals surface area (Å²) in [6.07, 6.45) is 0.562. The highest BCUT2D eigenvalue weighted by Gasteiger charge is 2.54. The molecule has 2 aromatic carbocycles. The number of hydrogen-bond acceptors (Lipinski definition) is 6. The fourth-order valence-electron chi connectivity index (χ4n) is 4.17. The molecular weight excluding hydrogens is 352 g/mol. The van der Waals surface area contributed by atoms with Crippen molar-refractivity contribution in [3.63, 3.8) is 0 Å². The van der Waals surface area contributed by atoms with Crippen LogP contribution in [-0.4, -0.2) is 35.9 Å². The molecule has 0 amide bonds. The molecule has 28 heavy (non-hydrogen) atoms. The molecule has 0 unspecified atom stereocenters. The number of Topliss-reactive ketones (excluding diaryl/α,β-unsaturated/α-hetero) is 1. The topological polar surface area (TPSA) is 80.8 Å². The van der Waals surface area contributed by atoms with Gasteiger partial charge in [0, 0.05) is 36.7 Å². The van der Waals surface area contributed by atoms with Crippen LogP contribution in [-0.2, 0) is 4.74 Å². The van der Waals surface area contributed by atoms with Gasteiger partial charge in [-0.3, -0.25) is 4.79 Å². The number of aryl methyl sites for hydroxylation is 1. The Balaban J connectivity index is 1.66. The van der Waals surface area contributed by atoms with Crippen LogP contribution < -0.4 is 10.6 Å². The van der Waals surface area contributed by atoms with Gasteiger partial charge in [-0.25, -0.2) is 9.98 Å². The second-order valence-electron chi connectivity index (χ2n) is 7.33. The van der Waals surface area contributed by atoms with Gasteiger partial charge in [0.05, 0.1) is 11.2 Å². The number of nitrogens with two attached hydrogens (primary N) is 1. The Hall–Kier alpha value is -3.25. The first-order valence-corrected chi connectivity index (χ1v) is 9.25. The van der Waals surface area contributed by atoms with Crippen molar-refractivity contribution in [3.05, 3.63) is 59.7 Å². The van der Waals surface area contributed by atoms with Crippen molar-refractivity contribution < 1.29 is 9.53 Å². The lowest BCUT2D eigenvalue weighted by atomic mass is 9.86. The number of aliphatic imine (C=N–C) groups is 1. The second kappa shape index (κ2) is 5.87. The third kappa shape index (κ3) is 2.28. The van der Waals surface area contributed by atoms with Crippen molar-refractivity contribution in [2.45, 2.75) is 18.9 Å². The van der Waals surface area contributed by atoms with Gasteiger partial charge >= 0.3 is 0 Å². The quantitative estimate of drug-likeness (QED) is 0.743. The lowest BCUT2D eigenvalue weighted by Gasteiger charge is -2.32. The van der Waals surface area contributed by atoms with Crippen molar-refractivity contribution in [2.24, 2.45) is 4.99 Å². The number of nitrogen functional groups attached to an aromatic ring is 1. The van der Waals surface area contributed by atoms with Gasteiger partial charge in [-0.05, 0) is 49.4 Å². The minimum atomic E-state index is -1.03. The summed E-state index contributed by atoms with van der Waals surface area (Å²) in [7, 11) is 1.59. The first kappa shape index (κ1) is 16.9. The number of fused-ring (bicyclic) bond motifs is 3. The lowest BCUT2D eigenvalue weighted by Crippen LogP contribution is -2.50. The van der Waals surface area contributed by atoms with Crippen molar-refractivity contribution >= 4 is 39.7 Å². The van der Waals surface area contributed by atoms with E-state index in [0.29, 0.717) is 35.9 Å². The molecule has 2 aliphatic rings. The molecule has 2 N–H and O–H groups in total. The number of nitrogens with zero attached hydrogens (tertiary/aromatic N) is 3. The number of amidine groups is 1. The molecule has 140 valence electrons. The Bertz CT molecular complexity index is 1170. The molecule has 1 saturated heterocycles. The molecule has 1 atom stereocenters. The van der Waals surface area contributed by atoms with Crippen LogP contribution >= 0.6 is 0 Å². The maximum absolute atomic E-state index is 13.4. The van der Waals surface area contributed by atoms with E-state index < -0.39 is 5.60 Å². The van der Waals surface area contributed by atoms with Gasteiger partial charge in [0.25, 0.3) is 0 Å². The first-order valence-electron chi connectivity index (χ1n) is 9.25. The number of ether oxygens (including phenoxy) is 1. The Morgan fingerprint density at radius 1 is 1.14 bits per heavy atom. The molecule has 6 nitrogen and oxygen atoms in total. The molecule has 6 heteroatoms. The Morgan fingerprint density at radius 3 is 2.82 bits per heavy atom. The summed E-state index contributed by atoms with van der Waals surface area (Å²) in [6, 6.07) is 15.5. The molecule has 0 radical (unpaired) electrons. The van der Waals surface area contributed by atoms with Gasteiger partial charge in [0.15, 0.2) is 5.60 Å². The van der Waals surface area contributed by atoms with Gasteiger partial charge in [-0.2, -0.15) is 0 Å². The van der Waals surface area contributed by atoms with Gasteiger partial charge < -0.3 is 15.4 Å². The van der Waals surface area contributed by atoms with Crippen LogP contribution in [0.3, 0.4) is 0 Å². The number of anilines is 2. The predicted molar refractivity (Wildman–Crippen MR) is 110 cm³/mol. The molecular formula is C22H20N4O2. The van der Waals surface area contributed by atoms with Crippen LogP contribution in [0, 0.1) is 6.92 Å². The normalized spacial score (nSPS) is 20.9.